The van der Waals surface area contributed by atoms with Gasteiger partial charge in [-0.05, 0) is 71.6 Å². The maximum Gasteiger partial charge on any atom is 0.259 e. The van der Waals surface area contributed by atoms with Crippen LogP contribution in [-0.2, 0) is 4.74 Å². The fourth-order valence-electron chi connectivity index (χ4n) is 6.24. The van der Waals surface area contributed by atoms with Crippen LogP contribution in [0.5, 0.6) is 11.5 Å². The lowest BCUT2D eigenvalue weighted by Crippen LogP contribution is -2.42. The summed E-state index contributed by atoms with van der Waals surface area (Å²) in [5, 5.41) is 2.02. The molecule has 4 aromatic rings. The number of carbonyl (C=O) groups is 1. The molecule has 1 aromatic heterocycles. The zero-order chi connectivity index (χ0) is 31.0. The number of benzene rings is 3. The van der Waals surface area contributed by atoms with E-state index in [2.05, 4.69) is 9.80 Å². The molecular formula is C34H40FN5O4. The number of fused-ring (bicyclic) bond motifs is 4. The van der Waals surface area contributed by atoms with Crippen molar-refractivity contribution in [2.45, 2.75) is 12.8 Å². The Hall–Kier alpha value is -3.99. The van der Waals surface area contributed by atoms with Crippen molar-refractivity contribution >= 4 is 33.3 Å². The average Bonchev–Trinajstić information content (AvgIpc) is 3.01. The Labute approximate surface area is 256 Å². The monoisotopic (exact) mass is 601 g/mol. The molecule has 6 rings (SSSR count). The third kappa shape index (κ3) is 5.65. The van der Waals surface area contributed by atoms with Gasteiger partial charge in [-0.2, -0.15) is 0 Å². The summed E-state index contributed by atoms with van der Waals surface area (Å²) in [6.07, 6.45) is 3.28. The van der Waals surface area contributed by atoms with Crippen molar-refractivity contribution < 1.29 is 18.7 Å². The van der Waals surface area contributed by atoms with Gasteiger partial charge in [-0.15, -0.1) is 0 Å². The molecule has 1 fully saturated rings. The van der Waals surface area contributed by atoms with Crippen molar-refractivity contribution in [3.8, 4) is 17.2 Å². The van der Waals surface area contributed by atoms with Crippen LogP contribution in [0.25, 0.3) is 27.4 Å². The van der Waals surface area contributed by atoms with E-state index in [4.69, 9.17) is 9.47 Å². The van der Waals surface area contributed by atoms with Gasteiger partial charge in [0, 0.05) is 37.8 Å². The summed E-state index contributed by atoms with van der Waals surface area (Å²) in [5.74, 6) is -0.0670. The first kappa shape index (κ1) is 30.1. The number of halogens is 1. The van der Waals surface area contributed by atoms with Crippen molar-refractivity contribution in [3.63, 3.8) is 0 Å². The predicted octanol–water partition coefficient (Wildman–Crippen LogP) is 4.57. The number of amides is 1. The van der Waals surface area contributed by atoms with E-state index in [1.807, 2.05) is 74.1 Å². The number of morpholine rings is 1. The molecule has 0 unspecified atom stereocenters. The van der Waals surface area contributed by atoms with E-state index in [-0.39, 0.29) is 16.9 Å². The number of rotatable bonds is 10. The van der Waals surface area contributed by atoms with Gasteiger partial charge < -0.3 is 33.6 Å². The minimum Gasteiger partial charge on any atom is -0.451 e. The Morgan fingerprint density at radius 1 is 0.909 bits per heavy atom. The highest BCUT2D eigenvalue weighted by Gasteiger charge is 2.32. The zero-order valence-electron chi connectivity index (χ0n) is 25.9. The van der Waals surface area contributed by atoms with Crippen LogP contribution in [0, 0.1) is 5.82 Å². The van der Waals surface area contributed by atoms with Crippen LogP contribution in [0.2, 0.25) is 0 Å². The molecule has 0 radical (unpaired) electrons. The van der Waals surface area contributed by atoms with Crippen LogP contribution in [0.3, 0.4) is 0 Å². The molecule has 0 bridgehead atoms. The average molecular weight is 602 g/mol. The number of hydrogen-bond donors (Lipinski definition) is 0. The van der Waals surface area contributed by atoms with Crippen molar-refractivity contribution in [3.05, 3.63) is 70.3 Å². The number of anilines is 1. The van der Waals surface area contributed by atoms with E-state index in [0.29, 0.717) is 62.1 Å². The molecule has 1 amide bonds. The molecule has 44 heavy (non-hydrogen) atoms. The lowest BCUT2D eigenvalue weighted by Gasteiger charge is -2.32. The van der Waals surface area contributed by atoms with Crippen LogP contribution in [0.1, 0.15) is 23.2 Å². The molecule has 0 saturated carbocycles. The summed E-state index contributed by atoms with van der Waals surface area (Å²) in [6.45, 7) is 4.55. The minimum absolute atomic E-state index is 0.00658. The number of aromatic nitrogens is 1. The second-order valence-corrected chi connectivity index (χ2v) is 12.1. The van der Waals surface area contributed by atoms with E-state index in [1.165, 1.54) is 6.07 Å². The van der Waals surface area contributed by atoms with Crippen LogP contribution in [0.4, 0.5) is 10.1 Å². The molecule has 0 atom stereocenters. The van der Waals surface area contributed by atoms with Crippen LogP contribution in [-0.4, -0.2) is 106 Å². The topological polar surface area (TPSA) is 70.5 Å². The van der Waals surface area contributed by atoms with Gasteiger partial charge >= 0.3 is 0 Å². The summed E-state index contributed by atoms with van der Waals surface area (Å²) in [5.41, 5.74) is 1.04. The van der Waals surface area contributed by atoms with E-state index < -0.39 is 11.2 Å². The number of hydrogen-bond acceptors (Lipinski definition) is 7. The smallest absolute Gasteiger partial charge is 0.259 e. The summed E-state index contributed by atoms with van der Waals surface area (Å²) < 4.78 is 30.3. The van der Waals surface area contributed by atoms with E-state index in [9.17, 15) is 9.59 Å². The van der Waals surface area contributed by atoms with Gasteiger partial charge in [0.15, 0.2) is 17.3 Å². The molecule has 0 aliphatic carbocycles. The van der Waals surface area contributed by atoms with Gasteiger partial charge in [0.2, 0.25) is 5.43 Å². The molecule has 2 aliphatic heterocycles. The van der Waals surface area contributed by atoms with Crippen LogP contribution < -0.4 is 15.1 Å². The first-order valence-corrected chi connectivity index (χ1v) is 15.3. The van der Waals surface area contributed by atoms with Gasteiger partial charge in [0.25, 0.3) is 5.91 Å². The molecule has 3 aromatic carbocycles. The summed E-state index contributed by atoms with van der Waals surface area (Å²) >= 11 is 0. The fraction of sp³-hybridized carbons (Fsp3) is 0.412. The molecule has 0 N–H and O–H groups in total. The second-order valence-electron chi connectivity index (χ2n) is 12.1. The Balaban J connectivity index is 1.58. The third-order valence-corrected chi connectivity index (χ3v) is 8.40. The summed E-state index contributed by atoms with van der Waals surface area (Å²) in [6, 6.07) is 13.1. The molecule has 10 heteroatoms. The molecule has 0 spiro atoms. The lowest BCUT2D eigenvalue weighted by molar-refractivity contribution is 0.0302. The number of carbonyl (C=O) groups excluding carboxylic acids is 1. The highest BCUT2D eigenvalue weighted by Crippen LogP contribution is 2.48. The molecule has 2 aliphatic rings. The van der Waals surface area contributed by atoms with Crippen molar-refractivity contribution in [2.24, 2.45) is 0 Å². The van der Waals surface area contributed by atoms with Crippen LogP contribution in [0.15, 0.2) is 53.5 Å². The predicted molar refractivity (Wildman–Crippen MR) is 172 cm³/mol. The highest BCUT2D eigenvalue weighted by molar-refractivity contribution is 6.04. The Kier molecular flexibility index (Phi) is 8.57. The maximum absolute atomic E-state index is 16.4. The minimum atomic E-state index is -0.536. The fourth-order valence-corrected chi connectivity index (χ4v) is 6.24. The lowest BCUT2D eigenvalue weighted by atomic mass is 10.0. The Morgan fingerprint density at radius 2 is 1.59 bits per heavy atom. The van der Waals surface area contributed by atoms with Crippen molar-refractivity contribution in [2.75, 3.05) is 85.6 Å². The zero-order valence-corrected chi connectivity index (χ0v) is 25.9. The van der Waals surface area contributed by atoms with Crippen molar-refractivity contribution in [1.82, 2.24) is 19.3 Å². The summed E-state index contributed by atoms with van der Waals surface area (Å²) in [4.78, 5) is 35.7. The van der Waals surface area contributed by atoms with Gasteiger partial charge in [-0.25, -0.2) is 4.39 Å². The maximum atomic E-state index is 16.4. The van der Waals surface area contributed by atoms with Gasteiger partial charge in [0.1, 0.15) is 16.8 Å². The SMILES string of the molecule is CN(C)CCCN(CCCN(C)C)c1c(F)cc2c(=O)c(C(=O)N3CCOCC3)cn3c2c1Oc1ccc2ccccc2c1-3. The standard InChI is InChI=1S/C34H40FN5O4/c1-36(2)13-7-15-38(16-8-14-37(3)4)31-27(35)21-25-30-33(31)44-28-12-11-23-9-5-6-10-24(23)29(28)40(30)22-26(32(25)41)34(42)39-17-19-43-20-18-39/h5-6,9-12,21-22H,7-8,13-20H2,1-4H3. The normalized spacial score (nSPS) is 14.4. The van der Waals surface area contributed by atoms with Gasteiger partial charge in [-0.3, -0.25) is 9.59 Å². The molecule has 1 saturated heterocycles. The number of nitrogens with zero attached hydrogens (tertiary/aromatic N) is 5. The molecule has 3 heterocycles. The molecule has 232 valence electrons. The summed E-state index contributed by atoms with van der Waals surface area (Å²) in [7, 11) is 8.09. The van der Waals surface area contributed by atoms with Crippen molar-refractivity contribution in [1.29, 1.82) is 0 Å². The first-order valence-electron chi connectivity index (χ1n) is 15.3. The van der Waals surface area contributed by atoms with E-state index >= 15 is 4.39 Å². The Bertz CT molecular complexity index is 1750. The van der Waals surface area contributed by atoms with Crippen LogP contribution >= 0.6 is 0 Å². The van der Waals surface area contributed by atoms with Gasteiger partial charge in [0.05, 0.1) is 24.3 Å². The Morgan fingerprint density at radius 3 is 2.27 bits per heavy atom. The number of ether oxygens (including phenoxy) is 2. The molecular weight excluding hydrogens is 561 g/mol. The quantitative estimate of drug-likeness (QED) is 0.232. The second kappa shape index (κ2) is 12.6. The highest BCUT2D eigenvalue weighted by atomic mass is 19.1. The first-order chi connectivity index (χ1) is 21.2. The molecule has 9 nitrogen and oxygen atoms in total. The largest absolute Gasteiger partial charge is 0.451 e. The number of pyridine rings is 1. The van der Waals surface area contributed by atoms with E-state index in [0.717, 1.165) is 42.4 Å². The van der Waals surface area contributed by atoms with Gasteiger partial charge in [-0.1, -0.05) is 30.3 Å². The third-order valence-electron chi connectivity index (χ3n) is 8.40. The van der Waals surface area contributed by atoms with E-state index in [1.54, 1.807) is 11.1 Å².